The second-order valence-corrected chi connectivity index (χ2v) is 15.4. The van der Waals surface area contributed by atoms with E-state index >= 15 is 0 Å². The molecule has 9 atom stereocenters. The highest BCUT2D eigenvalue weighted by Gasteiger charge is 2.77. The summed E-state index contributed by atoms with van der Waals surface area (Å²) in [7, 11) is 0. The van der Waals surface area contributed by atoms with Gasteiger partial charge in [0.25, 0.3) is 0 Å². The molecule has 15 heteroatoms. The lowest BCUT2D eigenvalue weighted by molar-refractivity contribution is -0.461. The summed E-state index contributed by atoms with van der Waals surface area (Å²) in [4.78, 5) is 23.2. The minimum Gasteiger partial charge on any atom is -0.481 e. The Morgan fingerprint density at radius 1 is 0.592 bits per heavy atom. The SMILES string of the molecule is CC1(O)[C@@](C)(OC[C@]2(CO)O[C@](C)(CO)C(C)(O)[C@@]2(C)O)OC(C)(COC(=O)NCCCCCCCCCCCC(=O)O)[C@@](C)(O)[C@@]1(C)O. The first kappa shape index (κ1) is 43.5. The van der Waals surface area contributed by atoms with Crippen LogP contribution in [0.5, 0.6) is 0 Å². The summed E-state index contributed by atoms with van der Waals surface area (Å²) in [5.74, 6) is -2.97. The summed E-state index contributed by atoms with van der Waals surface area (Å²) in [5, 5.41) is 89.5. The number of aliphatic hydroxyl groups is 7. The summed E-state index contributed by atoms with van der Waals surface area (Å²) in [6.45, 7) is 7.43. The maximum absolute atomic E-state index is 12.6. The minimum atomic E-state index is -2.38. The molecule has 0 aromatic rings. The molecule has 2 saturated heterocycles. The van der Waals surface area contributed by atoms with Gasteiger partial charge in [0.2, 0.25) is 0 Å². The number of aliphatic carboxylic acids is 1. The Labute approximate surface area is 289 Å². The van der Waals surface area contributed by atoms with Gasteiger partial charge in [0, 0.05) is 13.0 Å². The van der Waals surface area contributed by atoms with Crippen molar-refractivity contribution in [1.29, 1.82) is 0 Å². The number of unbranched alkanes of at least 4 members (excludes halogenated alkanes) is 8. The van der Waals surface area contributed by atoms with Crippen molar-refractivity contribution in [3.05, 3.63) is 0 Å². The van der Waals surface area contributed by atoms with E-state index in [-0.39, 0.29) is 6.42 Å². The molecule has 2 rings (SSSR count). The van der Waals surface area contributed by atoms with Crippen LogP contribution in [-0.4, -0.2) is 136 Å². The topological polar surface area (TPSA) is 245 Å². The van der Waals surface area contributed by atoms with Crippen molar-refractivity contribution in [2.75, 3.05) is 33.0 Å². The van der Waals surface area contributed by atoms with E-state index in [0.717, 1.165) is 44.9 Å². The van der Waals surface area contributed by atoms with E-state index in [1.54, 1.807) is 0 Å². The van der Waals surface area contributed by atoms with Crippen molar-refractivity contribution in [3.8, 4) is 0 Å². The number of carbonyl (C=O) groups excluding carboxylic acids is 1. The van der Waals surface area contributed by atoms with Crippen LogP contribution in [0.3, 0.4) is 0 Å². The first-order valence-corrected chi connectivity index (χ1v) is 17.3. The van der Waals surface area contributed by atoms with Gasteiger partial charge in [-0.3, -0.25) is 4.79 Å². The summed E-state index contributed by atoms with van der Waals surface area (Å²) >= 11 is 0. The van der Waals surface area contributed by atoms with Crippen LogP contribution in [0.1, 0.15) is 120 Å². The van der Waals surface area contributed by atoms with Gasteiger partial charge in [-0.2, -0.15) is 0 Å². The van der Waals surface area contributed by atoms with E-state index in [0.29, 0.717) is 19.4 Å². The zero-order chi connectivity index (χ0) is 37.8. The van der Waals surface area contributed by atoms with Gasteiger partial charge in [-0.15, -0.1) is 0 Å². The largest absolute Gasteiger partial charge is 0.481 e. The number of carboxylic acid groups (broad SMARTS) is 1. The molecule has 9 N–H and O–H groups in total. The standard InChI is InChI=1S/C34H63NO14/c1-26(20-36)28(3,41)32(7,45)34(21-37,49-26)23-47-33(8)31(6,44)30(5,43)29(4,42)27(2,48-33)22-46-25(40)35-19-17-15-13-11-9-10-12-14-16-18-24(38)39/h36-37,41-45H,9-23H2,1-8H3,(H,35,40)(H,38,39)/t26-,27?,28?,29-,30-,31?,32-,33+,34+/m1/s1. The number of hydrogen-bond donors (Lipinski definition) is 9. The lowest BCUT2D eigenvalue weighted by Gasteiger charge is -2.65. The van der Waals surface area contributed by atoms with Gasteiger partial charge in [0.15, 0.2) is 5.79 Å². The van der Waals surface area contributed by atoms with Crippen molar-refractivity contribution in [2.24, 2.45) is 0 Å². The molecule has 15 nitrogen and oxygen atoms in total. The molecule has 0 aliphatic carbocycles. The first-order chi connectivity index (χ1) is 22.3. The molecular weight excluding hydrogens is 646 g/mol. The second kappa shape index (κ2) is 15.5. The molecule has 0 aromatic heterocycles. The zero-order valence-corrected chi connectivity index (χ0v) is 30.6. The van der Waals surface area contributed by atoms with Crippen molar-refractivity contribution in [2.45, 2.75) is 170 Å². The van der Waals surface area contributed by atoms with E-state index < -0.39 is 89.1 Å². The molecule has 2 heterocycles. The number of hydrogen-bond acceptors (Lipinski definition) is 13. The normalized spacial score (nSPS) is 42.3. The summed E-state index contributed by atoms with van der Waals surface area (Å²) in [6, 6.07) is 0. The van der Waals surface area contributed by atoms with Crippen LogP contribution in [0.2, 0.25) is 0 Å². The van der Waals surface area contributed by atoms with Gasteiger partial charge < -0.3 is 65.1 Å². The van der Waals surface area contributed by atoms with Crippen LogP contribution in [0.25, 0.3) is 0 Å². The number of aliphatic hydroxyl groups excluding tert-OH is 2. The quantitative estimate of drug-likeness (QED) is 0.0863. The lowest BCUT2D eigenvalue weighted by Crippen LogP contribution is -2.85. The number of ether oxygens (including phenoxy) is 4. The third-order valence-corrected chi connectivity index (χ3v) is 12.0. The molecule has 0 aromatic carbocycles. The summed E-state index contributed by atoms with van der Waals surface area (Å²) in [6.07, 6.45) is 7.81. The van der Waals surface area contributed by atoms with Gasteiger partial charge in [-0.1, -0.05) is 44.9 Å². The summed E-state index contributed by atoms with van der Waals surface area (Å²) in [5.41, 5.74) is -17.0. The number of alkyl carbamates (subject to hydrolysis) is 1. The van der Waals surface area contributed by atoms with Crippen LogP contribution >= 0.6 is 0 Å². The van der Waals surface area contributed by atoms with E-state index in [2.05, 4.69) is 5.32 Å². The van der Waals surface area contributed by atoms with Crippen molar-refractivity contribution in [1.82, 2.24) is 5.32 Å². The molecule has 0 spiro atoms. The van der Waals surface area contributed by atoms with E-state index in [9.17, 15) is 45.3 Å². The molecule has 2 fully saturated rings. The fraction of sp³-hybridized carbons (Fsp3) is 0.941. The Bertz CT molecular complexity index is 1130. The highest BCUT2D eigenvalue weighted by Crippen LogP contribution is 2.56. The highest BCUT2D eigenvalue weighted by atomic mass is 16.7. The van der Waals surface area contributed by atoms with Crippen LogP contribution in [0.15, 0.2) is 0 Å². The van der Waals surface area contributed by atoms with Crippen molar-refractivity contribution >= 4 is 12.1 Å². The average molecular weight is 710 g/mol. The Morgan fingerprint density at radius 2 is 1.08 bits per heavy atom. The summed E-state index contributed by atoms with van der Waals surface area (Å²) < 4.78 is 23.6. The number of carboxylic acids is 1. The Morgan fingerprint density at radius 3 is 1.55 bits per heavy atom. The molecule has 3 unspecified atom stereocenters. The molecule has 2 aliphatic heterocycles. The Hall–Kier alpha value is -1.66. The average Bonchev–Trinajstić information content (AvgIpc) is 3.12. The predicted molar refractivity (Wildman–Crippen MR) is 177 cm³/mol. The molecule has 2 aliphatic rings. The lowest BCUT2D eigenvalue weighted by atomic mass is 9.61. The highest BCUT2D eigenvalue weighted by molar-refractivity contribution is 5.67. The number of amides is 1. The first-order valence-electron chi connectivity index (χ1n) is 17.3. The molecule has 49 heavy (non-hydrogen) atoms. The van der Waals surface area contributed by atoms with Crippen LogP contribution in [0.4, 0.5) is 4.79 Å². The fourth-order valence-electron chi connectivity index (χ4n) is 6.91. The van der Waals surface area contributed by atoms with Gasteiger partial charge in [-0.25, -0.2) is 4.79 Å². The molecule has 0 radical (unpaired) electrons. The molecule has 0 saturated carbocycles. The maximum atomic E-state index is 12.6. The second-order valence-electron chi connectivity index (χ2n) is 15.4. The number of rotatable bonds is 19. The van der Waals surface area contributed by atoms with Crippen LogP contribution in [-0.2, 0) is 23.7 Å². The molecular formula is C34H63NO14. The maximum Gasteiger partial charge on any atom is 0.407 e. The number of nitrogens with one attached hydrogen (secondary N) is 1. The van der Waals surface area contributed by atoms with E-state index in [1.165, 1.54) is 55.4 Å². The van der Waals surface area contributed by atoms with Gasteiger partial charge in [0.05, 0.1) is 19.8 Å². The molecule has 1 amide bonds. The van der Waals surface area contributed by atoms with Crippen LogP contribution in [0, 0.1) is 0 Å². The van der Waals surface area contributed by atoms with E-state index in [4.69, 9.17) is 24.1 Å². The van der Waals surface area contributed by atoms with Crippen molar-refractivity contribution < 1.29 is 69.4 Å². The smallest absolute Gasteiger partial charge is 0.407 e. The third kappa shape index (κ3) is 7.91. The van der Waals surface area contributed by atoms with Gasteiger partial charge in [-0.05, 0) is 68.2 Å². The van der Waals surface area contributed by atoms with Crippen molar-refractivity contribution in [3.63, 3.8) is 0 Å². The monoisotopic (exact) mass is 709 g/mol. The predicted octanol–water partition coefficient (Wildman–Crippen LogP) is 1.49. The Kier molecular flexibility index (Phi) is 13.8. The third-order valence-electron chi connectivity index (χ3n) is 12.0. The van der Waals surface area contributed by atoms with Crippen LogP contribution < -0.4 is 5.32 Å². The number of carbonyl (C=O) groups is 2. The molecule has 0 bridgehead atoms. The Balaban J connectivity index is 2.04. The van der Waals surface area contributed by atoms with Gasteiger partial charge >= 0.3 is 12.1 Å². The minimum absolute atomic E-state index is 0.211. The van der Waals surface area contributed by atoms with Gasteiger partial charge in [0.1, 0.15) is 51.4 Å². The molecule has 288 valence electrons. The fourth-order valence-corrected chi connectivity index (χ4v) is 6.91. The zero-order valence-electron chi connectivity index (χ0n) is 30.6. The van der Waals surface area contributed by atoms with E-state index in [1.807, 2.05) is 0 Å².